The fourth-order valence-corrected chi connectivity index (χ4v) is 3.87. The van der Waals surface area contributed by atoms with Crippen LogP contribution in [0.15, 0.2) is 18.2 Å². The minimum absolute atomic E-state index is 0.183. The van der Waals surface area contributed by atoms with Crippen LogP contribution in [0.25, 0.3) is 0 Å². The van der Waals surface area contributed by atoms with Gasteiger partial charge in [-0.2, -0.15) is 0 Å². The maximum absolute atomic E-state index is 12.2. The van der Waals surface area contributed by atoms with Crippen molar-refractivity contribution in [3.05, 3.63) is 34.9 Å². The smallest absolute Gasteiger partial charge is 0.410 e. The Hall–Kier alpha value is -1.55. The van der Waals surface area contributed by atoms with Crippen LogP contribution in [-0.2, 0) is 17.6 Å². The van der Waals surface area contributed by atoms with E-state index in [1.54, 1.807) is 0 Å². The Kier molecular flexibility index (Phi) is 5.38. The van der Waals surface area contributed by atoms with E-state index in [-0.39, 0.29) is 6.09 Å². The van der Waals surface area contributed by atoms with Gasteiger partial charge in [0, 0.05) is 25.2 Å². The highest BCUT2D eigenvalue weighted by Gasteiger charge is 2.27. The van der Waals surface area contributed by atoms with Crippen molar-refractivity contribution in [2.75, 3.05) is 13.1 Å². The number of carbonyl (C=O) groups excluding carboxylic acids is 1. The zero-order chi connectivity index (χ0) is 18.0. The Morgan fingerprint density at radius 2 is 1.88 bits per heavy atom. The van der Waals surface area contributed by atoms with Gasteiger partial charge in [-0.3, -0.25) is 0 Å². The summed E-state index contributed by atoms with van der Waals surface area (Å²) in [5.74, 6) is 0. The van der Waals surface area contributed by atoms with Gasteiger partial charge in [0.05, 0.1) is 0 Å². The third-order valence-electron chi connectivity index (χ3n) is 5.25. The van der Waals surface area contributed by atoms with Crippen LogP contribution in [0.1, 0.15) is 69.7 Å². The molecule has 1 heterocycles. The van der Waals surface area contributed by atoms with E-state index >= 15 is 0 Å². The summed E-state index contributed by atoms with van der Waals surface area (Å²) < 4.78 is 5.47. The molecule has 0 aromatic heterocycles. The summed E-state index contributed by atoms with van der Waals surface area (Å²) in [7, 11) is 0. The number of carbonyl (C=O) groups is 1. The van der Waals surface area contributed by atoms with Crippen molar-refractivity contribution in [3.63, 3.8) is 0 Å². The highest BCUT2D eigenvalue weighted by Crippen LogP contribution is 2.26. The van der Waals surface area contributed by atoms with Crippen LogP contribution < -0.4 is 5.32 Å². The van der Waals surface area contributed by atoms with Crippen molar-refractivity contribution < 1.29 is 9.53 Å². The van der Waals surface area contributed by atoms with Crippen molar-refractivity contribution >= 4 is 6.09 Å². The Morgan fingerprint density at radius 3 is 2.56 bits per heavy atom. The van der Waals surface area contributed by atoms with Gasteiger partial charge in [0.15, 0.2) is 0 Å². The summed E-state index contributed by atoms with van der Waals surface area (Å²) in [4.78, 5) is 14.0. The molecule has 25 heavy (non-hydrogen) atoms. The van der Waals surface area contributed by atoms with Gasteiger partial charge >= 0.3 is 6.09 Å². The largest absolute Gasteiger partial charge is 0.444 e. The number of ether oxygens (including phenoxy) is 1. The average Bonchev–Trinajstić information content (AvgIpc) is 3.01. The quantitative estimate of drug-likeness (QED) is 0.892. The molecule has 1 amide bonds. The Bertz CT molecular complexity index is 613. The molecule has 1 N–H and O–H groups in total. The van der Waals surface area contributed by atoms with E-state index < -0.39 is 5.60 Å². The molecule has 1 fully saturated rings. The number of amides is 1. The van der Waals surface area contributed by atoms with E-state index in [0.717, 1.165) is 25.9 Å². The standard InChI is InChI=1S/C21H32N2O2/c1-15(17-9-8-16-6-5-7-18(16)14-17)22-19-10-12-23(13-11-19)20(24)25-21(2,3)4/h8-9,14-15,19,22H,5-7,10-13H2,1-4H3. The molecule has 1 aliphatic carbocycles. The van der Waals surface area contributed by atoms with Crippen molar-refractivity contribution in [1.29, 1.82) is 0 Å². The number of benzene rings is 1. The Labute approximate surface area is 151 Å². The molecular formula is C21H32N2O2. The van der Waals surface area contributed by atoms with Crippen LogP contribution in [-0.4, -0.2) is 35.7 Å². The second kappa shape index (κ2) is 7.36. The molecule has 1 unspecified atom stereocenters. The van der Waals surface area contributed by atoms with E-state index in [1.807, 2.05) is 25.7 Å². The number of fused-ring (bicyclic) bond motifs is 1. The third-order valence-corrected chi connectivity index (χ3v) is 5.25. The van der Waals surface area contributed by atoms with Crippen molar-refractivity contribution in [2.45, 2.75) is 77.5 Å². The minimum Gasteiger partial charge on any atom is -0.444 e. The second-order valence-corrected chi connectivity index (χ2v) is 8.51. The van der Waals surface area contributed by atoms with Gasteiger partial charge in [-0.25, -0.2) is 4.79 Å². The molecule has 1 aliphatic heterocycles. The zero-order valence-electron chi connectivity index (χ0n) is 16.1. The Morgan fingerprint density at radius 1 is 1.20 bits per heavy atom. The number of nitrogens with one attached hydrogen (secondary N) is 1. The van der Waals surface area contributed by atoms with Crippen LogP contribution in [0.4, 0.5) is 4.79 Å². The maximum atomic E-state index is 12.2. The van der Waals surface area contributed by atoms with E-state index in [9.17, 15) is 4.79 Å². The third kappa shape index (κ3) is 4.75. The fourth-order valence-electron chi connectivity index (χ4n) is 3.87. The molecule has 4 nitrogen and oxygen atoms in total. The molecule has 138 valence electrons. The molecule has 1 aromatic carbocycles. The lowest BCUT2D eigenvalue weighted by Gasteiger charge is -2.35. The summed E-state index contributed by atoms with van der Waals surface area (Å²) in [5, 5.41) is 3.76. The summed E-state index contributed by atoms with van der Waals surface area (Å²) in [5.41, 5.74) is 4.02. The van der Waals surface area contributed by atoms with Crippen LogP contribution in [0.3, 0.4) is 0 Å². The molecule has 0 spiro atoms. The van der Waals surface area contributed by atoms with Crippen LogP contribution in [0.5, 0.6) is 0 Å². The molecule has 2 aliphatic rings. The normalized spacial score (nSPS) is 19.6. The van der Waals surface area contributed by atoms with Crippen molar-refractivity contribution in [2.24, 2.45) is 0 Å². The first-order chi connectivity index (χ1) is 11.8. The highest BCUT2D eigenvalue weighted by atomic mass is 16.6. The molecule has 1 atom stereocenters. The first-order valence-electron chi connectivity index (χ1n) is 9.67. The van der Waals surface area contributed by atoms with Crippen LogP contribution in [0.2, 0.25) is 0 Å². The maximum Gasteiger partial charge on any atom is 0.410 e. The van der Waals surface area contributed by atoms with Crippen molar-refractivity contribution in [3.8, 4) is 0 Å². The van der Waals surface area contributed by atoms with Gasteiger partial charge in [-0.05, 0) is 76.5 Å². The summed E-state index contributed by atoms with van der Waals surface area (Å²) >= 11 is 0. The SMILES string of the molecule is CC(NC1CCN(C(=O)OC(C)(C)C)CC1)c1ccc2c(c1)CCC2. The molecule has 4 heteroatoms. The lowest BCUT2D eigenvalue weighted by Crippen LogP contribution is -2.46. The van der Waals surface area contributed by atoms with Crippen molar-refractivity contribution in [1.82, 2.24) is 10.2 Å². The van der Waals surface area contributed by atoms with E-state index in [2.05, 4.69) is 30.4 Å². The van der Waals surface area contributed by atoms with Crippen LogP contribution in [0, 0.1) is 0 Å². The van der Waals surface area contributed by atoms with E-state index in [0.29, 0.717) is 12.1 Å². The molecule has 0 bridgehead atoms. The zero-order valence-corrected chi connectivity index (χ0v) is 16.1. The average molecular weight is 344 g/mol. The molecular weight excluding hydrogens is 312 g/mol. The highest BCUT2D eigenvalue weighted by molar-refractivity contribution is 5.68. The number of piperidine rings is 1. The van der Waals surface area contributed by atoms with Crippen LogP contribution >= 0.6 is 0 Å². The molecule has 1 aromatic rings. The number of hydrogen-bond donors (Lipinski definition) is 1. The fraction of sp³-hybridized carbons (Fsp3) is 0.667. The van der Waals surface area contributed by atoms with Gasteiger partial charge in [0.1, 0.15) is 5.60 Å². The van der Waals surface area contributed by atoms with Gasteiger partial charge in [0.25, 0.3) is 0 Å². The van der Waals surface area contributed by atoms with E-state index in [1.165, 1.54) is 36.0 Å². The summed E-state index contributed by atoms with van der Waals surface area (Å²) in [6, 6.07) is 7.78. The first kappa shape index (κ1) is 18.2. The monoisotopic (exact) mass is 344 g/mol. The number of aryl methyl sites for hydroxylation is 2. The number of nitrogens with zero attached hydrogens (tertiary/aromatic N) is 1. The first-order valence-corrected chi connectivity index (χ1v) is 9.67. The molecule has 0 radical (unpaired) electrons. The lowest BCUT2D eigenvalue weighted by atomic mass is 9.99. The number of rotatable bonds is 3. The molecule has 0 saturated carbocycles. The van der Waals surface area contributed by atoms with E-state index in [4.69, 9.17) is 4.74 Å². The Balaban J connectivity index is 1.49. The minimum atomic E-state index is -0.422. The topological polar surface area (TPSA) is 41.6 Å². The summed E-state index contributed by atoms with van der Waals surface area (Å²) in [6.07, 6.45) is 5.54. The predicted octanol–water partition coefficient (Wildman–Crippen LogP) is 4.23. The van der Waals surface area contributed by atoms with Gasteiger partial charge < -0.3 is 15.0 Å². The second-order valence-electron chi connectivity index (χ2n) is 8.51. The lowest BCUT2D eigenvalue weighted by molar-refractivity contribution is 0.0196. The van der Waals surface area contributed by atoms with Gasteiger partial charge in [-0.1, -0.05) is 18.2 Å². The van der Waals surface area contributed by atoms with Gasteiger partial charge in [-0.15, -0.1) is 0 Å². The predicted molar refractivity (Wildman–Crippen MR) is 101 cm³/mol. The number of likely N-dealkylation sites (tertiary alicyclic amines) is 1. The summed E-state index contributed by atoms with van der Waals surface area (Å²) in [6.45, 7) is 9.52. The number of hydrogen-bond acceptors (Lipinski definition) is 3. The molecule has 3 rings (SSSR count). The molecule has 1 saturated heterocycles. The van der Waals surface area contributed by atoms with Gasteiger partial charge in [0.2, 0.25) is 0 Å².